The minimum absolute atomic E-state index is 0.0213. The van der Waals surface area contributed by atoms with Gasteiger partial charge in [0.05, 0.1) is 13.1 Å². The molecule has 2 amide bonds. The zero-order valence-electron chi connectivity index (χ0n) is 14.4. The molecule has 0 aromatic heterocycles. The molecule has 0 aliphatic rings. The topological polar surface area (TPSA) is 61.4 Å². The molecule has 128 valence electrons. The quantitative estimate of drug-likeness (QED) is 0.836. The van der Waals surface area contributed by atoms with Crippen LogP contribution in [0.3, 0.4) is 0 Å². The third-order valence-corrected chi connectivity index (χ3v) is 3.50. The number of likely N-dealkylation sites (N-methyl/N-ethyl adjacent to an activating group) is 1. The first kappa shape index (κ1) is 19.5. The monoisotopic (exact) mass is 339 g/mol. The second-order valence-corrected chi connectivity index (χ2v) is 7.14. The normalized spacial score (nSPS) is 12.6. The van der Waals surface area contributed by atoms with Crippen molar-refractivity contribution in [1.82, 2.24) is 15.5 Å². The van der Waals surface area contributed by atoms with Crippen LogP contribution < -0.4 is 10.6 Å². The van der Waals surface area contributed by atoms with Crippen molar-refractivity contribution in [2.24, 2.45) is 0 Å². The molecule has 2 N–H and O–H groups in total. The van der Waals surface area contributed by atoms with Crippen LogP contribution in [0.25, 0.3) is 0 Å². The second kappa shape index (κ2) is 8.31. The molecule has 0 saturated carbocycles. The van der Waals surface area contributed by atoms with E-state index in [0.717, 1.165) is 5.56 Å². The standard InChI is InChI=1S/C17H26ClN3O2/c1-12(13-6-8-14(18)9-7-13)19-10-16(23)21(5)11-15(22)20-17(2,3)4/h6-9,12,19H,10-11H2,1-5H3,(H,20,22)/t12-/m0/s1. The summed E-state index contributed by atoms with van der Waals surface area (Å²) in [7, 11) is 1.62. The summed E-state index contributed by atoms with van der Waals surface area (Å²) >= 11 is 5.86. The summed E-state index contributed by atoms with van der Waals surface area (Å²) in [5.41, 5.74) is 0.748. The van der Waals surface area contributed by atoms with Crippen molar-refractivity contribution in [2.45, 2.75) is 39.3 Å². The van der Waals surface area contributed by atoms with Crippen molar-refractivity contribution in [3.63, 3.8) is 0 Å². The molecule has 0 heterocycles. The van der Waals surface area contributed by atoms with Crippen LogP contribution in [0, 0.1) is 0 Å². The molecular weight excluding hydrogens is 314 g/mol. The number of amides is 2. The molecule has 1 atom stereocenters. The Hall–Kier alpha value is -1.59. The largest absolute Gasteiger partial charge is 0.350 e. The Morgan fingerprint density at radius 2 is 1.78 bits per heavy atom. The van der Waals surface area contributed by atoms with Crippen molar-refractivity contribution >= 4 is 23.4 Å². The summed E-state index contributed by atoms with van der Waals surface area (Å²) in [5, 5.41) is 6.67. The third-order valence-electron chi connectivity index (χ3n) is 3.25. The third kappa shape index (κ3) is 7.48. The van der Waals surface area contributed by atoms with Gasteiger partial charge in [0.2, 0.25) is 11.8 Å². The molecular formula is C17H26ClN3O2. The van der Waals surface area contributed by atoms with Crippen molar-refractivity contribution in [3.05, 3.63) is 34.9 Å². The summed E-state index contributed by atoms with van der Waals surface area (Å²) in [5.74, 6) is -0.297. The first-order valence-electron chi connectivity index (χ1n) is 7.62. The molecule has 6 heteroatoms. The van der Waals surface area contributed by atoms with E-state index in [-0.39, 0.29) is 36.5 Å². The number of benzene rings is 1. The highest BCUT2D eigenvalue weighted by molar-refractivity contribution is 6.30. The van der Waals surface area contributed by atoms with Gasteiger partial charge >= 0.3 is 0 Å². The molecule has 0 spiro atoms. The van der Waals surface area contributed by atoms with Crippen LogP contribution in [-0.4, -0.2) is 42.4 Å². The van der Waals surface area contributed by atoms with Gasteiger partial charge in [-0.3, -0.25) is 9.59 Å². The van der Waals surface area contributed by atoms with Gasteiger partial charge in [-0.2, -0.15) is 0 Å². The predicted octanol–water partition coefficient (Wildman–Crippen LogP) is 2.36. The Bertz CT molecular complexity index is 538. The molecule has 0 saturated heterocycles. The molecule has 0 aliphatic carbocycles. The SMILES string of the molecule is C[C@H](NCC(=O)N(C)CC(=O)NC(C)(C)C)c1ccc(Cl)cc1. The lowest BCUT2D eigenvalue weighted by Gasteiger charge is -2.24. The number of rotatable bonds is 6. The molecule has 1 rings (SSSR count). The second-order valence-electron chi connectivity index (χ2n) is 6.70. The molecule has 23 heavy (non-hydrogen) atoms. The van der Waals surface area contributed by atoms with Crippen LogP contribution in [0.15, 0.2) is 24.3 Å². The van der Waals surface area contributed by atoms with E-state index in [1.54, 1.807) is 7.05 Å². The average Bonchev–Trinajstić information content (AvgIpc) is 2.42. The molecule has 0 radical (unpaired) electrons. The summed E-state index contributed by atoms with van der Waals surface area (Å²) in [6.07, 6.45) is 0. The molecule has 1 aromatic carbocycles. The maximum Gasteiger partial charge on any atom is 0.240 e. The van der Waals surface area contributed by atoms with Crippen molar-refractivity contribution < 1.29 is 9.59 Å². The minimum atomic E-state index is -0.303. The average molecular weight is 340 g/mol. The Morgan fingerprint density at radius 1 is 1.22 bits per heavy atom. The summed E-state index contributed by atoms with van der Waals surface area (Å²) in [6.45, 7) is 7.91. The molecule has 5 nitrogen and oxygen atoms in total. The van der Waals surface area contributed by atoms with E-state index in [0.29, 0.717) is 5.02 Å². The lowest BCUT2D eigenvalue weighted by atomic mass is 10.1. The van der Waals surface area contributed by atoms with Gasteiger partial charge in [-0.05, 0) is 45.4 Å². The highest BCUT2D eigenvalue weighted by Crippen LogP contribution is 2.15. The van der Waals surface area contributed by atoms with Crippen molar-refractivity contribution in [1.29, 1.82) is 0 Å². The van der Waals surface area contributed by atoms with Crippen molar-refractivity contribution in [3.8, 4) is 0 Å². The van der Waals surface area contributed by atoms with Crippen LogP contribution in [0.4, 0.5) is 0 Å². The molecule has 1 aromatic rings. The first-order chi connectivity index (χ1) is 10.6. The van der Waals surface area contributed by atoms with E-state index in [2.05, 4.69) is 10.6 Å². The minimum Gasteiger partial charge on any atom is -0.350 e. The molecule has 0 aliphatic heterocycles. The Morgan fingerprint density at radius 3 is 2.30 bits per heavy atom. The lowest BCUT2D eigenvalue weighted by molar-refractivity contribution is -0.134. The first-order valence-corrected chi connectivity index (χ1v) is 8.00. The smallest absolute Gasteiger partial charge is 0.240 e. The number of hydrogen-bond acceptors (Lipinski definition) is 3. The van der Waals surface area contributed by atoms with Crippen LogP contribution in [-0.2, 0) is 9.59 Å². The number of nitrogens with one attached hydrogen (secondary N) is 2. The van der Waals surface area contributed by atoms with Gasteiger partial charge in [0.25, 0.3) is 0 Å². The molecule has 0 unspecified atom stereocenters. The van der Waals surface area contributed by atoms with Gasteiger partial charge in [-0.15, -0.1) is 0 Å². The zero-order valence-corrected chi connectivity index (χ0v) is 15.2. The van der Waals surface area contributed by atoms with Crippen LogP contribution in [0.1, 0.15) is 39.3 Å². The Balaban J connectivity index is 2.43. The van der Waals surface area contributed by atoms with Gasteiger partial charge in [-0.1, -0.05) is 23.7 Å². The number of carbonyl (C=O) groups excluding carboxylic acids is 2. The van der Waals surface area contributed by atoms with E-state index >= 15 is 0 Å². The van der Waals surface area contributed by atoms with E-state index in [4.69, 9.17) is 11.6 Å². The van der Waals surface area contributed by atoms with Crippen LogP contribution >= 0.6 is 11.6 Å². The Kier molecular flexibility index (Phi) is 7.03. The van der Waals surface area contributed by atoms with E-state index in [1.807, 2.05) is 52.0 Å². The van der Waals surface area contributed by atoms with Crippen LogP contribution in [0.5, 0.6) is 0 Å². The summed E-state index contributed by atoms with van der Waals surface area (Å²) in [6, 6.07) is 7.50. The summed E-state index contributed by atoms with van der Waals surface area (Å²) < 4.78 is 0. The summed E-state index contributed by atoms with van der Waals surface area (Å²) in [4.78, 5) is 25.3. The fraction of sp³-hybridized carbons (Fsp3) is 0.529. The molecule has 0 fully saturated rings. The highest BCUT2D eigenvalue weighted by atomic mass is 35.5. The lowest BCUT2D eigenvalue weighted by Crippen LogP contribution is -2.47. The number of hydrogen-bond donors (Lipinski definition) is 2. The van der Waals surface area contributed by atoms with Gasteiger partial charge in [-0.25, -0.2) is 0 Å². The zero-order chi connectivity index (χ0) is 17.6. The predicted molar refractivity (Wildman–Crippen MR) is 93.4 cm³/mol. The van der Waals surface area contributed by atoms with Gasteiger partial charge < -0.3 is 15.5 Å². The molecule has 0 bridgehead atoms. The van der Waals surface area contributed by atoms with E-state index in [1.165, 1.54) is 4.90 Å². The number of halogens is 1. The highest BCUT2D eigenvalue weighted by Gasteiger charge is 2.18. The maximum absolute atomic E-state index is 12.1. The van der Waals surface area contributed by atoms with Gasteiger partial charge in [0, 0.05) is 23.7 Å². The van der Waals surface area contributed by atoms with Crippen LogP contribution in [0.2, 0.25) is 5.02 Å². The van der Waals surface area contributed by atoms with E-state index < -0.39 is 0 Å². The maximum atomic E-state index is 12.1. The van der Waals surface area contributed by atoms with Gasteiger partial charge in [0.15, 0.2) is 0 Å². The van der Waals surface area contributed by atoms with Gasteiger partial charge in [0.1, 0.15) is 0 Å². The number of carbonyl (C=O) groups is 2. The number of nitrogens with zero attached hydrogens (tertiary/aromatic N) is 1. The van der Waals surface area contributed by atoms with Crippen molar-refractivity contribution in [2.75, 3.05) is 20.1 Å². The fourth-order valence-corrected chi connectivity index (χ4v) is 2.13. The Labute approximate surface area is 143 Å². The fourth-order valence-electron chi connectivity index (χ4n) is 2.01. The van der Waals surface area contributed by atoms with E-state index in [9.17, 15) is 9.59 Å².